The number of alkyl halides is 2. The average Bonchev–Trinajstić information content (AvgIpc) is 2.87. The largest absolute Gasteiger partial charge is 0.491 e. The summed E-state index contributed by atoms with van der Waals surface area (Å²) in [6, 6.07) is 12.4. The van der Waals surface area contributed by atoms with Crippen LogP contribution in [0.3, 0.4) is 0 Å². The second-order valence-electron chi connectivity index (χ2n) is 7.46. The fourth-order valence-electron chi connectivity index (χ4n) is 3.99. The molecule has 4 aromatic rings. The van der Waals surface area contributed by atoms with E-state index in [1.165, 1.54) is 34.5 Å². The maximum Gasteiger partial charge on any atom is 0.388 e. The zero-order chi connectivity index (χ0) is 25.8. The molecule has 3 aromatic heterocycles. The predicted octanol–water partition coefficient (Wildman–Crippen LogP) is 5.60. The summed E-state index contributed by atoms with van der Waals surface area (Å²) in [6.45, 7) is -3.07. The molecule has 0 saturated carbocycles. The highest BCUT2D eigenvalue weighted by Gasteiger charge is 2.29. The first-order chi connectivity index (χ1) is 17.4. The molecule has 11 heteroatoms. The molecule has 1 atom stereocenters. The number of hydrogen-bond donors (Lipinski definition) is 0. The van der Waals surface area contributed by atoms with E-state index in [0.29, 0.717) is 33.8 Å². The Morgan fingerprint density at radius 3 is 2.19 bits per heavy atom. The summed E-state index contributed by atoms with van der Waals surface area (Å²) in [6.07, 6.45) is 1.57. The molecule has 0 fully saturated rings. The van der Waals surface area contributed by atoms with Crippen molar-refractivity contribution in [3.63, 3.8) is 0 Å². The third kappa shape index (κ3) is 5.11. The lowest BCUT2D eigenvalue weighted by atomic mass is 9.85. The van der Waals surface area contributed by atoms with E-state index in [4.69, 9.17) is 18.9 Å². The van der Waals surface area contributed by atoms with Crippen LogP contribution in [-0.4, -0.2) is 50.0 Å². The molecule has 188 valence electrons. The predicted molar refractivity (Wildman–Crippen MR) is 132 cm³/mol. The molecule has 0 radical (unpaired) electrons. The van der Waals surface area contributed by atoms with E-state index in [9.17, 15) is 8.78 Å². The third-order valence-corrected chi connectivity index (χ3v) is 5.93. The van der Waals surface area contributed by atoms with Crippen molar-refractivity contribution in [1.82, 2.24) is 15.0 Å². The van der Waals surface area contributed by atoms with Crippen LogP contribution in [0.5, 0.6) is 29.3 Å². The van der Waals surface area contributed by atoms with Crippen molar-refractivity contribution in [2.75, 3.05) is 28.4 Å². The Morgan fingerprint density at radius 1 is 0.778 bits per heavy atom. The summed E-state index contributed by atoms with van der Waals surface area (Å²) in [5.74, 6) is 0.0665. The first-order valence-corrected chi connectivity index (χ1v) is 11.4. The lowest BCUT2D eigenvalue weighted by Gasteiger charge is -2.24. The number of fused-ring (bicyclic) bond motifs is 1. The minimum atomic E-state index is -3.07. The van der Waals surface area contributed by atoms with Crippen LogP contribution in [0.2, 0.25) is 0 Å². The maximum atomic E-state index is 13.1. The van der Waals surface area contributed by atoms with Crippen LogP contribution in [0.25, 0.3) is 10.9 Å². The fourth-order valence-corrected chi connectivity index (χ4v) is 4.37. The highest BCUT2D eigenvalue weighted by atomic mass is 79.9. The topological polar surface area (TPSA) is 84.8 Å². The average molecular weight is 562 g/mol. The summed E-state index contributed by atoms with van der Waals surface area (Å²) in [5.41, 5.74) is 2.48. The molecule has 0 amide bonds. The number of hydrogen-bond acceptors (Lipinski definition) is 8. The molecule has 8 nitrogen and oxygen atoms in total. The Morgan fingerprint density at radius 2 is 1.53 bits per heavy atom. The van der Waals surface area contributed by atoms with Crippen molar-refractivity contribution in [3.8, 4) is 29.3 Å². The number of pyridine rings is 3. The zero-order valence-corrected chi connectivity index (χ0v) is 21.4. The summed E-state index contributed by atoms with van der Waals surface area (Å²) in [7, 11) is 5.87. The second kappa shape index (κ2) is 10.9. The van der Waals surface area contributed by atoms with Crippen LogP contribution in [0.4, 0.5) is 8.78 Å². The highest BCUT2D eigenvalue weighted by Crippen LogP contribution is 2.45. The van der Waals surface area contributed by atoms with Gasteiger partial charge in [0.1, 0.15) is 0 Å². The number of rotatable bonds is 9. The molecule has 0 N–H and O–H groups in total. The van der Waals surface area contributed by atoms with Gasteiger partial charge in [0, 0.05) is 45.2 Å². The number of nitrogens with zero attached hydrogens (tertiary/aromatic N) is 3. The molecule has 0 aliphatic heterocycles. The van der Waals surface area contributed by atoms with Crippen molar-refractivity contribution in [2.45, 2.75) is 12.5 Å². The van der Waals surface area contributed by atoms with Gasteiger partial charge in [-0.15, -0.1) is 0 Å². The molecule has 3 heterocycles. The Hall–Kier alpha value is -3.73. The Kier molecular flexibility index (Phi) is 7.68. The van der Waals surface area contributed by atoms with E-state index < -0.39 is 12.5 Å². The van der Waals surface area contributed by atoms with Crippen LogP contribution in [0.1, 0.15) is 22.6 Å². The van der Waals surface area contributed by atoms with Gasteiger partial charge in [0.15, 0.2) is 5.75 Å². The lowest BCUT2D eigenvalue weighted by Crippen LogP contribution is -2.11. The number of benzene rings is 1. The molecule has 0 bridgehead atoms. The van der Waals surface area contributed by atoms with Crippen molar-refractivity contribution in [1.29, 1.82) is 0 Å². The van der Waals surface area contributed by atoms with Crippen molar-refractivity contribution in [2.24, 2.45) is 0 Å². The SMILES string of the molecule is COc1cc(C(c2cc3cc(Br)ccc3nc2OC)c2ccnc(OC)c2OC)cc(OC(F)F)n1. The van der Waals surface area contributed by atoms with Gasteiger partial charge in [0.05, 0.1) is 34.0 Å². The van der Waals surface area contributed by atoms with Crippen LogP contribution in [0, 0.1) is 0 Å². The lowest BCUT2D eigenvalue weighted by molar-refractivity contribution is -0.0531. The molecule has 0 aliphatic carbocycles. The van der Waals surface area contributed by atoms with Gasteiger partial charge in [-0.3, -0.25) is 0 Å². The fraction of sp³-hybridized carbons (Fsp3) is 0.240. The normalized spacial score (nSPS) is 11.9. The Bertz CT molecular complexity index is 1390. The van der Waals surface area contributed by atoms with Gasteiger partial charge in [-0.25, -0.2) is 9.97 Å². The highest BCUT2D eigenvalue weighted by molar-refractivity contribution is 9.10. The molecule has 1 aromatic carbocycles. The quantitative estimate of drug-likeness (QED) is 0.261. The van der Waals surface area contributed by atoms with Crippen LogP contribution in [-0.2, 0) is 0 Å². The van der Waals surface area contributed by atoms with Crippen LogP contribution in [0.15, 0.2) is 53.1 Å². The molecular formula is C25H22BrF2N3O5. The van der Waals surface area contributed by atoms with E-state index in [1.807, 2.05) is 24.3 Å². The smallest absolute Gasteiger partial charge is 0.388 e. The first kappa shape index (κ1) is 25.4. The van der Waals surface area contributed by atoms with E-state index in [-0.39, 0.29) is 17.6 Å². The minimum Gasteiger partial charge on any atom is -0.491 e. The van der Waals surface area contributed by atoms with Crippen LogP contribution >= 0.6 is 15.9 Å². The summed E-state index contributed by atoms with van der Waals surface area (Å²) in [4.78, 5) is 12.9. The van der Waals surface area contributed by atoms with E-state index in [0.717, 1.165) is 9.86 Å². The summed E-state index contributed by atoms with van der Waals surface area (Å²) in [5, 5.41) is 0.829. The summed E-state index contributed by atoms with van der Waals surface area (Å²) < 4.78 is 53.7. The Balaban J connectivity index is 2.06. The molecule has 0 saturated heterocycles. The third-order valence-electron chi connectivity index (χ3n) is 5.44. The number of halogens is 3. The van der Waals surface area contributed by atoms with E-state index in [2.05, 4.69) is 35.6 Å². The number of methoxy groups -OCH3 is 4. The van der Waals surface area contributed by atoms with E-state index >= 15 is 0 Å². The summed E-state index contributed by atoms with van der Waals surface area (Å²) >= 11 is 3.50. The molecular weight excluding hydrogens is 540 g/mol. The van der Waals surface area contributed by atoms with Gasteiger partial charge < -0.3 is 23.7 Å². The minimum absolute atomic E-state index is 0.0867. The van der Waals surface area contributed by atoms with E-state index in [1.54, 1.807) is 18.3 Å². The van der Waals surface area contributed by atoms with Gasteiger partial charge in [0.2, 0.25) is 17.6 Å². The molecule has 1 unspecified atom stereocenters. The van der Waals surface area contributed by atoms with Gasteiger partial charge in [0.25, 0.3) is 5.88 Å². The number of aromatic nitrogens is 3. The molecule has 0 spiro atoms. The van der Waals surface area contributed by atoms with Crippen molar-refractivity contribution < 1.29 is 32.5 Å². The number of ether oxygens (including phenoxy) is 5. The monoisotopic (exact) mass is 561 g/mol. The van der Waals surface area contributed by atoms with Gasteiger partial charge in [-0.1, -0.05) is 15.9 Å². The van der Waals surface area contributed by atoms with Crippen molar-refractivity contribution >= 4 is 26.8 Å². The van der Waals surface area contributed by atoms with Gasteiger partial charge in [-0.05, 0) is 35.9 Å². The molecule has 0 aliphatic rings. The molecule has 36 heavy (non-hydrogen) atoms. The Labute approximate surface area is 214 Å². The standard InChI is InChI=1S/C25H22BrF2N3O5/c1-32-19-11-14(12-20(31-19)36-25(27)28)21(16-7-8-29-24(35-4)22(16)33-2)17-10-13-9-15(26)5-6-18(13)30-23(17)34-3/h5-12,21,25H,1-4H3. The first-order valence-electron chi connectivity index (χ1n) is 10.6. The van der Waals surface area contributed by atoms with Gasteiger partial charge in [-0.2, -0.15) is 13.8 Å². The van der Waals surface area contributed by atoms with Crippen molar-refractivity contribution in [3.05, 3.63) is 69.8 Å². The zero-order valence-electron chi connectivity index (χ0n) is 19.8. The second-order valence-corrected chi connectivity index (χ2v) is 8.37. The molecule has 4 rings (SSSR count). The van der Waals surface area contributed by atoms with Gasteiger partial charge >= 0.3 is 6.61 Å². The van der Waals surface area contributed by atoms with Crippen LogP contribution < -0.4 is 23.7 Å². The maximum absolute atomic E-state index is 13.1.